The van der Waals surface area contributed by atoms with Crippen LogP contribution in [0, 0.1) is 0 Å². The van der Waals surface area contributed by atoms with E-state index >= 15 is 0 Å². The second kappa shape index (κ2) is 4.15. The Labute approximate surface area is 106 Å². The lowest BCUT2D eigenvalue weighted by molar-refractivity contribution is 0.735. The third kappa shape index (κ3) is 1.95. The van der Waals surface area contributed by atoms with Crippen molar-refractivity contribution in [1.29, 1.82) is 0 Å². The minimum atomic E-state index is 0.138. The number of hydrogen-bond donors (Lipinski definition) is 1. The van der Waals surface area contributed by atoms with E-state index in [4.69, 9.17) is 16.6 Å². The fraction of sp³-hybridized carbons (Fsp3) is 0.385. The highest BCUT2D eigenvalue weighted by Gasteiger charge is 2.26. The SMILES string of the molecule is CC1=C(C2=NC3CN=C(Cl)NC3=C2)CCC=C1. The summed E-state index contributed by atoms with van der Waals surface area (Å²) in [5, 5.41) is 3.55. The Morgan fingerprint density at radius 2 is 2.35 bits per heavy atom. The topological polar surface area (TPSA) is 36.8 Å². The van der Waals surface area contributed by atoms with Gasteiger partial charge in [0.1, 0.15) is 6.04 Å². The van der Waals surface area contributed by atoms with Crippen molar-refractivity contribution < 1.29 is 0 Å². The molecule has 1 atom stereocenters. The number of rotatable bonds is 1. The van der Waals surface area contributed by atoms with Crippen molar-refractivity contribution in [3.8, 4) is 0 Å². The zero-order valence-corrected chi connectivity index (χ0v) is 10.5. The van der Waals surface area contributed by atoms with E-state index in [1.54, 1.807) is 0 Å². The molecule has 0 radical (unpaired) electrons. The van der Waals surface area contributed by atoms with Gasteiger partial charge in [0, 0.05) is 5.70 Å². The summed E-state index contributed by atoms with van der Waals surface area (Å²) in [6, 6.07) is 0.138. The minimum absolute atomic E-state index is 0.138. The van der Waals surface area contributed by atoms with E-state index in [0.29, 0.717) is 11.8 Å². The third-order valence-electron chi connectivity index (χ3n) is 3.31. The molecule has 17 heavy (non-hydrogen) atoms. The van der Waals surface area contributed by atoms with Crippen molar-refractivity contribution in [3.63, 3.8) is 0 Å². The fourth-order valence-electron chi connectivity index (χ4n) is 2.38. The van der Waals surface area contributed by atoms with Crippen LogP contribution in [-0.4, -0.2) is 23.6 Å². The smallest absolute Gasteiger partial charge is 0.195 e. The number of nitrogens with zero attached hydrogens (tertiary/aromatic N) is 2. The van der Waals surface area contributed by atoms with E-state index < -0.39 is 0 Å². The molecule has 0 aromatic rings. The first kappa shape index (κ1) is 10.8. The second-order valence-electron chi connectivity index (χ2n) is 4.49. The number of nitrogens with one attached hydrogen (secondary N) is 1. The van der Waals surface area contributed by atoms with Crippen LogP contribution in [0.5, 0.6) is 0 Å². The van der Waals surface area contributed by atoms with E-state index in [1.165, 1.54) is 11.1 Å². The monoisotopic (exact) mass is 247 g/mol. The Morgan fingerprint density at radius 3 is 3.18 bits per heavy atom. The number of allylic oxidation sites excluding steroid dienone is 5. The van der Waals surface area contributed by atoms with Gasteiger partial charge in [-0.25, -0.2) is 0 Å². The standard InChI is InChI=1S/C13H14ClN3/c1-8-4-2-3-5-9(8)10-6-11-12(16-10)7-15-13(14)17-11/h2,4,6,12H,3,5,7H2,1H3,(H,15,17). The van der Waals surface area contributed by atoms with E-state index in [0.717, 1.165) is 24.3 Å². The minimum Gasteiger partial charge on any atom is -0.332 e. The number of aliphatic imine (C=N–C) groups is 2. The average molecular weight is 248 g/mol. The van der Waals surface area contributed by atoms with Crippen molar-refractivity contribution >= 4 is 22.6 Å². The van der Waals surface area contributed by atoms with Crippen molar-refractivity contribution in [2.45, 2.75) is 25.8 Å². The molecule has 0 spiro atoms. The highest BCUT2D eigenvalue weighted by atomic mass is 35.5. The highest BCUT2D eigenvalue weighted by Crippen LogP contribution is 2.26. The molecule has 1 aliphatic carbocycles. The summed E-state index contributed by atoms with van der Waals surface area (Å²) < 4.78 is 0. The first-order valence-electron chi connectivity index (χ1n) is 5.87. The maximum Gasteiger partial charge on any atom is 0.195 e. The van der Waals surface area contributed by atoms with Gasteiger partial charge in [0.05, 0.1) is 12.3 Å². The lowest BCUT2D eigenvalue weighted by Crippen LogP contribution is -2.31. The van der Waals surface area contributed by atoms with Crippen LogP contribution in [0.3, 0.4) is 0 Å². The first-order chi connectivity index (χ1) is 8.24. The Hall–Kier alpha value is -1.35. The zero-order valence-electron chi connectivity index (χ0n) is 9.70. The average Bonchev–Trinajstić information content (AvgIpc) is 2.72. The molecule has 0 saturated heterocycles. The van der Waals surface area contributed by atoms with Gasteiger partial charge >= 0.3 is 0 Å². The number of hydrogen-bond acceptors (Lipinski definition) is 3. The molecule has 0 bridgehead atoms. The van der Waals surface area contributed by atoms with Gasteiger partial charge in [0.2, 0.25) is 0 Å². The van der Waals surface area contributed by atoms with Gasteiger partial charge in [0.15, 0.2) is 5.29 Å². The van der Waals surface area contributed by atoms with Gasteiger partial charge in [-0.1, -0.05) is 12.2 Å². The van der Waals surface area contributed by atoms with Gasteiger partial charge in [-0.3, -0.25) is 9.98 Å². The van der Waals surface area contributed by atoms with Crippen molar-refractivity contribution in [2.24, 2.45) is 9.98 Å². The Morgan fingerprint density at radius 1 is 1.47 bits per heavy atom. The van der Waals surface area contributed by atoms with E-state index in [-0.39, 0.29) is 6.04 Å². The molecule has 1 unspecified atom stereocenters. The van der Waals surface area contributed by atoms with Crippen LogP contribution in [0.15, 0.2) is 45.1 Å². The van der Waals surface area contributed by atoms with Crippen LogP contribution >= 0.6 is 11.6 Å². The highest BCUT2D eigenvalue weighted by molar-refractivity contribution is 6.65. The lowest BCUT2D eigenvalue weighted by atomic mass is 9.95. The number of amidine groups is 1. The van der Waals surface area contributed by atoms with Crippen LogP contribution < -0.4 is 5.32 Å². The third-order valence-corrected chi connectivity index (χ3v) is 3.52. The Bertz CT molecular complexity index is 509. The summed E-state index contributed by atoms with van der Waals surface area (Å²) in [5.41, 5.74) is 4.85. The quantitative estimate of drug-likeness (QED) is 0.711. The Balaban J connectivity index is 1.91. The molecule has 3 aliphatic rings. The van der Waals surface area contributed by atoms with Gasteiger partial charge in [-0.05, 0) is 48.6 Å². The summed E-state index contributed by atoms with van der Waals surface area (Å²) >= 11 is 5.87. The van der Waals surface area contributed by atoms with Crippen molar-refractivity contribution in [2.75, 3.05) is 6.54 Å². The summed E-state index contributed by atoms with van der Waals surface area (Å²) in [7, 11) is 0. The molecular weight excluding hydrogens is 234 g/mol. The zero-order chi connectivity index (χ0) is 11.8. The van der Waals surface area contributed by atoms with Crippen molar-refractivity contribution in [3.05, 3.63) is 35.1 Å². The van der Waals surface area contributed by atoms with Crippen LogP contribution in [0.2, 0.25) is 0 Å². The van der Waals surface area contributed by atoms with Crippen LogP contribution in [0.1, 0.15) is 19.8 Å². The molecule has 0 amide bonds. The van der Waals surface area contributed by atoms with Crippen LogP contribution in [-0.2, 0) is 0 Å². The van der Waals surface area contributed by atoms with Gasteiger partial charge < -0.3 is 5.32 Å². The van der Waals surface area contributed by atoms with Crippen LogP contribution in [0.4, 0.5) is 0 Å². The molecule has 0 fully saturated rings. The lowest BCUT2D eigenvalue weighted by Gasteiger charge is -2.16. The largest absolute Gasteiger partial charge is 0.332 e. The number of halogens is 1. The summed E-state index contributed by atoms with van der Waals surface area (Å²) in [5.74, 6) is 0. The predicted octanol–water partition coefficient (Wildman–Crippen LogP) is 2.56. The molecule has 2 aliphatic heterocycles. The maximum absolute atomic E-state index is 5.87. The summed E-state index contributed by atoms with van der Waals surface area (Å²) in [6.45, 7) is 2.80. The molecule has 0 saturated carbocycles. The van der Waals surface area contributed by atoms with E-state index in [1.807, 2.05) is 0 Å². The molecule has 0 aromatic heterocycles. The molecule has 88 valence electrons. The fourth-order valence-corrected chi connectivity index (χ4v) is 2.56. The molecule has 2 heterocycles. The van der Waals surface area contributed by atoms with Gasteiger partial charge in [-0.2, -0.15) is 0 Å². The predicted molar refractivity (Wildman–Crippen MR) is 71.7 cm³/mol. The molecule has 3 rings (SSSR count). The van der Waals surface area contributed by atoms with Gasteiger partial charge in [-0.15, -0.1) is 0 Å². The Kier molecular flexibility index (Phi) is 2.63. The maximum atomic E-state index is 5.87. The second-order valence-corrected chi connectivity index (χ2v) is 4.85. The van der Waals surface area contributed by atoms with Crippen LogP contribution in [0.25, 0.3) is 0 Å². The first-order valence-corrected chi connectivity index (χ1v) is 6.25. The number of fused-ring (bicyclic) bond motifs is 1. The molecular formula is C13H14ClN3. The summed E-state index contributed by atoms with van der Waals surface area (Å²) in [4.78, 5) is 8.89. The normalized spacial score (nSPS) is 27.2. The molecule has 1 N–H and O–H groups in total. The molecule has 3 nitrogen and oxygen atoms in total. The molecule has 0 aromatic carbocycles. The molecule has 4 heteroatoms. The van der Waals surface area contributed by atoms with E-state index in [9.17, 15) is 0 Å². The summed E-state index contributed by atoms with van der Waals surface area (Å²) in [6.07, 6.45) is 8.68. The van der Waals surface area contributed by atoms with Gasteiger partial charge in [0.25, 0.3) is 0 Å². The van der Waals surface area contributed by atoms with Crippen molar-refractivity contribution in [1.82, 2.24) is 5.32 Å². The van der Waals surface area contributed by atoms with E-state index in [2.05, 4.69) is 35.5 Å².